The maximum absolute atomic E-state index is 14.9. The average molecular weight is 382 g/mol. The molecule has 1 aromatic carbocycles. The fraction of sp³-hybridized carbons (Fsp3) is 0.250. The molecule has 1 fully saturated rings. The number of carbonyl (C=O) groups excluding carboxylic acids is 2. The van der Waals surface area contributed by atoms with Crippen molar-refractivity contribution < 1.29 is 18.7 Å². The van der Waals surface area contributed by atoms with Gasteiger partial charge < -0.3 is 14.5 Å². The van der Waals surface area contributed by atoms with Crippen molar-refractivity contribution in [1.82, 2.24) is 14.7 Å². The average Bonchev–Trinajstić information content (AvgIpc) is 3.26. The number of nitrogens with one attached hydrogen (secondary N) is 1. The Morgan fingerprint density at radius 3 is 2.96 bits per heavy atom. The second kappa shape index (κ2) is 6.95. The number of imidazole rings is 1. The number of cyclic esters (lactones) is 1. The number of hydrogen-bond acceptors (Lipinski definition) is 4. The molecule has 1 aliphatic rings. The summed E-state index contributed by atoms with van der Waals surface area (Å²) in [7, 11) is 0. The van der Waals surface area contributed by atoms with Gasteiger partial charge in [-0.1, -0.05) is 0 Å². The van der Waals surface area contributed by atoms with E-state index in [0.717, 1.165) is 16.8 Å². The molecule has 2 amide bonds. The lowest BCUT2D eigenvalue weighted by Crippen LogP contribution is -2.33. The Morgan fingerprint density at radius 2 is 2.21 bits per heavy atom. The van der Waals surface area contributed by atoms with Gasteiger partial charge in [0.15, 0.2) is 0 Å². The summed E-state index contributed by atoms with van der Waals surface area (Å²) in [6, 6.07) is 6.54. The highest BCUT2D eigenvalue weighted by molar-refractivity contribution is 5.90. The predicted octanol–water partition coefficient (Wildman–Crippen LogP) is 2.91. The molecule has 0 saturated carbocycles. The van der Waals surface area contributed by atoms with E-state index >= 15 is 0 Å². The molecular weight excluding hydrogens is 363 g/mol. The first-order valence-corrected chi connectivity index (χ1v) is 8.88. The van der Waals surface area contributed by atoms with Gasteiger partial charge in [0.2, 0.25) is 5.91 Å². The van der Waals surface area contributed by atoms with Crippen LogP contribution < -0.4 is 10.2 Å². The Bertz CT molecular complexity index is 1080. The zero-order chi connectivity index (χ0) is 19.8. The van der Waals surface area contributed by atoms with Crippen LogP contribution in [0.15, 0.2) is 42.9 Å². The number of nitrogens with zero attached hydrogens (tertiary/aromatic N) is 3. The third kappa shape index (κ3) is 3.28. The number of rotatable bonds is 4. The van der Waals surface area contributed by atoms with Crippen LogP contribution in [0.3, 0.4) is 0 Å². The Balaban J connectivity index is 1.59. The lowest BCUT2D eigenvalue weighted by atomic mass is 10.0. The summed E-state index contributed by atoms with van der Waals surface area (Å²) in [4.78, 5) is 28.8. The first kappa shape index (κ1) is 18.0. The fourth-order valence-electron chi connectivity index (χ4n) is 3.36. The molecule has 1 unspecified atom stereocenters. The Labute approximate surface area is 160 Å². The molecule has 8 heteroatoms. The summed E-state index contributed by atoms with van der Waals surface area (Å²) < 4.78 is 21.9. The number of benzene rings is 1. The molecular formula is C20H19FN4O3. The predicted molar refractivity (Wildman–Crippen MR) is 102 cm³/mol. The minimum absolute atomic E-state index is 0.199. The number of ether oxygens (including phenoxy) is 1. The molecule has 1 saturated heterocycles. The first-order valence-electron chi connectivity index (χ1n) is 8.88. The molecule has 0 radical (unpaired) electrons. The third-order valence-electron chi connectivity index (χ3n) is 4.70. The topological polar surface area (TPSA) is 75.9 Å². The summed E-state index contributed by atoms with van der Waals surface area (Å²) in [5, 5.41) is 2.62. The number of pyridine rings is 1. The molecule has 3 aromatic rings. The molecule has 0 bridgehead atoms. The second-order valence-corrected chi connectivity index (χ2v) is 6.79. The van der Waals surface area contributed by atoms with Gasteiger partial charge in [-0.05, 0) is 36.8 Å². The van der Waals surface area contributed by atoms with Gasteiger partial charge in [0.25, 0.3) is 0 Å². The number of amides is 2. The van der Waals surface area contributed by atoms with Crippen molar-refractivity contribution in [2.45, 2.75) is 20.0 Å². The van der Waals surface area contributed by atoms with E-state index in [1.54, 1.807) is 18.3 Å². The monoisotopic (exact) mass is 382 g/mol. The summed E-state index contributed by atoms with van der Waals surface area (Å²) in [6.07, 6.45) is 4.31. The summed E-state index contributed by atoms with van der Waals surface area (Å²) in [6.45, 7) is 3.79. The number of carbonyl (C=O) groups is 2. The molecule has 1 aliphatic heterocycles. The fourth-order valence-corrected chi connectivity index (χ4v) is 3.36. The minimum atomic E-state index is -0.557. The zero-order valence-corrected chi connectivity index (χ0v) is 15.5. The largest absolute Gasteiger partial charge is 0.442 e. The molecule has 0 aliphatic carbocycles. The second-order valence-electron chi connectivity index (χ2n) is 6.79. The van der Waals surface area contributed by atoms with Gasteiger partial charge in [0.05, 0.1) is 18.8 Å². The summed E-state index contributed by atoms with van der Waals surface area (Å²) in [5.41, 5.74) is 3.34. The SMILES string of the molecule is CC(=O)NCC1CN(c2ccc(-c3cc(C)c4nccn4c3)c(F)c2)C(=O)O1. The molecule has 2 aromatic heterocycles. The van der Waals surface area contributed by atoms with E-state index in [1.165, 1.54) is 17.9 Å². The van der Waals surface area contributed by atoms with E-state index in [2.05, 4.69) is 10.3 Å². The van der Waals surface area contributed by atoms with Crippen LogP contribution in [0.5, 0.6) is 0 Å². The summed E-state index contributed by atoms with van der Waals surface area (Å²) >= 11 is 0. The lowest BCUT2D eigenvalue weighted by molar-refractivity contribution is -0.119. The van der Waals surface area contributed by atoms with Crippen LogP contribution in [0, 0.1) is 12.7 Å². The van der Waals surface area contributed by atoms with Crippen molar-refractivity contribution in [3.8, 4) is 11.1 Å². The van der Waals surface area contributed by atoms with Gasteiger partial charge >= 0.3 is 6.09 Å². The van der Waals surface area contributed by atoms with Crippen LogP contribution in [-0.2, 0) is 9.53 Å². The molecule has 7 nitrogen and oxygen atoms in total. The van der Waals surface area contributed by atoms with E-state index in [9.17, 15) is 14.0 Å². The summed E-state index contributed by atoms with van der Waals surface area (Å²) in [5.74, 6) is -0.635. The van der Waals surface area contributed by atoms with E-state index in [1.807, 2.05) is 29.8 Å². The smallest absolute Gasteiger partial charge is 0.414 e. The Kier molecular flexibility index (Phi) is 4.46. The number of aromatic nitrogens is 2. The van der Waals surface area contributed by atoms with Gasteiger partial charge in [-0.2, -0.15) is 0 Å². The van der Waals surface area contributed by atoms with Crippen molar-refractivity contribution in [3.63, 3.8) is 0 Å². The maximum Gasteiger partial charge on any atom is 0.414 e. The molecule has 28 heavy (non-hydrogen) atoms. The van der Waals surface area contributed by atoms with Crippen LogP contribution in [0.2, 0.25) is 0 Å². The van der Waals surface area contributed by atoms with Crippen molar-refractivity contribution in [3.05, 3.63) is 54.2 Å². The first-order chi connectivity index (χ1) is 13.4. The Hall–Kier alpha value is -3.42. The number of anilines is 1. The number of fused-ring (bicyclic) bond motifs is 1. The highest BCUT2D eigenvalue weighted by Crippen LogP contribution is 2.30. The van der Waals surface area contributed by atoms with Gasteiger partial charge in [0, 0.05) is 36.6 Å². The van der Waals surface area contributed by atoms with E-state index in [0.29, 0.717) is 11.3 Å². The van der Waals surface area contributed by atoms with Gasteiger partial charge in [-0.15, -0.1) is 0 Å². The van der Waals surface area contributed by atoms with E-state index < -0.39 is 18.0 Å². The van der Waals surface area contributed by atoms with Crippen molar-refractivity contribution >= 4 is 23.3 Å². The molecule has 0 spiro atoms. The number of hydrogen-bond donors (Lipinski definition) is 1. The molecule has 1 atom stereocenters. The zero-order valence-electron chi connectivity index (χ0n) is 15.5. The van der Waals surface area contributed by atoms with Gasteiger partial charge in [-0.3, -0.25) is 9.69 Å². The minimum Gasteiger partial charge on any atom is -0.442 e. The van der Waals surface area contributed by atoms with E-state index in [4.69, 9.17) is 4.74 Å². The number of aryl methyl sites for hydroxylation is 1. The molecule has 3 heterocycles. The van der Waals surface area contributed by atoms with Crippen LogP contribution in [0.1, 0.15) is 12.5 Å². The normalized spacial score (nSPS) is 16.5. The molecule has 1 N–H and O–H groups in total. The molecule has 144 valence electrons. The third-order valence-corrected chi connectivity index (χ3v) is 4.70. The van der Waals surface area contributed by atoms with Crippen LogP contribution in [0.4, 0.5) is 14.9 Å². The highest BCUT2D eigenvalue weighted by Gasteiger charge is 2.32. The number of halogens is 1. The van der Waals surface area contributed by atoms with Gasteiger partial charge in [0.1, 0.15) is 17.6 Å². The quantitative estimate of drug-likeness (QED) is 0.753. The highest BCUT2D eigenvalue weighted by atomic mass is 19.1. The van der Waals surface area contributed by atoms with Gasteiger partial charge in [-0.25, -0.2) is 14.2 Å². The van der Waals surface area contributed by atoms with Crippen molar-refractivity contribution in [1.29, 1.82) is 0 Å². The molecule has 4 rings (SSSR count). The maximum atomic E-state index is 14.9. The van der Waals surface area contributed by atoms with Crippen molar-refractivity contribution in [2.24, 2.45) is 0 Å². The Morgan fingerprint density at radius 1 is 1.39 bits per heavy atom. The van der Waals surface area contributed by atoms with E-state index in [-0.39, 0.29) is 19.0 Å². The van der Waals surface area contributed by atoms with Crippen LogP contribution >= 0.6 is 0 Å². The lowest BCUT2D eigenvalue weighted by Gasteiger charge is -2.15. The standard InChI is InChI=1S/C20H19FN4O3/c1-12-7-14(10-24-6-5-22-19(12)24)17-4-3-15(8-18(17)21)25-11-16(28-20(25)27)9-23-13(2)26/h3-8,10,16H,9,11H2,1-2H3,(H,23,26). The van der Waals surface area contributed by atoms with Crippen molar-refractivity contribution in [2.75, 3.05) is 18.0 Å². The van der Waals surface area contributed by atoms with Crippen LogP contribution in [0.25, 0.3) is 16.8 Å². The van der Waals surface area contributed by atoms with Crippen LogP contribution in [-0.4, -0.2) is 40.6 Å².